The average Bonchev–Trinajstić information content (AvgIpc) is 2.16. The van der Waals surface area contributed by atoms with Gasteiger partial charge >= 0.3 is 13.2 Å². The minimum absolute atomic E-state index is 0.0532. The van der Waals surface area contributed by atoms with Crippen LogP contribution in [0.4, 0.5) is 16.2 Å². The van der Waals surface area contributed by atoms with Crippen molar-refractivity contribution in [2.75, 3.05) is 5.32 Å². The molecule has 8 nitrogen and oxygen atoms in total. The molecule has 0 heterocycles. The molecule has 1 aromatic carbocycles. The first-order valence-electron chi connectivity index (χ1n) is 3.92. The summed E-state index contributed by atoms with van der Waals surface area (Å²) in [5.74, 6) is 0. The molecular weight excluding hydrogens is 239 g/mol. The Kier molecular flexibility index (Phi) is 3.38. The van der Waals surface area contributed by atoms with Gasteiger partial charge in [0.05, 0.1) is 4.92 Å². The van der Waals surface area contributed by atoms with Crippen molar-refractivity contribution in [3.63, 3.8) is 0 Å². The van der Waals surface area contributed by atoms with Crippen LogP contribution in [0.5, 0.6) is 0 Å². The van der Waals surface area contributed by atoms with E-state index in [1.54, 1.807) is 0 Å². The molecule has 0 spiro atoms. The standard InChI is InChI=1S/C7H7N2O6P/c10-7(16(13,14)15)8-5-2-1-3-6(4-5)9(11)12/h1-4H,(H,8,10)(H2,13,14,15). The lowest BCUT2D eigenvalue weighted by Crippen LogP contribution is -2.09. The predicted molar refractivity (Wildman–Crippen MR) is 54.2 cm³/mol. The van der Waals surface area contributed by atoms with Crippen LogP contribution in [0.1, 0.15) is 0 Å². The fraction of sp³-hybridized carbons (Fsp3) is 0. The quantitative estimate of drug-likeness (QED) is 0.418. The van der Waals surface area contributed by atoms with Gasteiger partial charge in [-0.25, -0.2) is 4.57 Å². The van der Waals surface area contributed by atoms with E-state index in [4.69, 9.17) is 9.79 Å². The Morgan fingerprint density at radius 1 is 1.44 bits per heavy atom. The number of anilines is 1. The lowest BCUT2D eigenvalue weighted by Gasteiger charge is -2.05. The molecule has 86 valence electrons. The lowest BCUT2D eigenvalue weighted by atomic mass is 10.3. The third kappa shape index (κ3) is 3.13. The molecule has 1 rings (SSSR count). The predicted octanol–water partition coefficient (Wildman–Crippen LogP) is 1.30. The number of nitrogens with one attached hydrogen (secondary N) is 1. The second-order valence-corrected chi connectivity index (χ2v) is 4.28. The number of nitrogens with zero attached hydrogens (tertiary/aromatic N) is 1. The van der Waals surface area contributed by atoms with Crippen LogP contribution in [0.2, 0.25) is 0 Å². The van der Waals surface area contributed by atoms with Crippen LogP contribution in [-0.2, 0) is 4.57 Å². The highest BCUT2D eigenvalue weighted by Gasteiger charge is 2.25. The molecule has 9 heteroatoms. The van der Waals surface area contributed by atoms with Gasteiger partial charge in [0.25, 0.3) is 5.69 Å². The molecule has 0 bridgehead atoms. The van der Waals surface area contributed by atoms with Gasteiger partial charge in [0.2, 0.25) is 0 Å². The van der Waals surface area contributed by atoms with Gasteiger partial charge in [-0.2, -0.15) is 0 Å². The zero-order valence-corrected chi connectivity index (χ0v) is 8.63. The van der Waals surface area contributed by atoms with Gasteiger partial charge in [0, 0.05) is 17.8 Å². The molecule has 0 saturated heterocycles. The summed E-state index contributed by atoms with van der Waals surface area (Å²) in [6.07, 6.45) is 0. The zero-order valence-electron chi connectivity index (χ0n) is 7.73. The maximum atomic E-state index is 10.9. The number of rotatable bonds is 3. The highest BCUT2D eigenvalue weighted by molar-refractivity contribution is 7.70. The summed E-state index contributed by atoms with van der Waals surface area (Å²) >= 11 is 0. The second kappa shape index (κ2) is 4.40. The van der Waals surface area contributed by atoms with Crippen LogP contribution in [-0.4, -0.2) is 20.4 Å². The van der Waals surface area contributed by atoms with E-state index in [-0.39, 0.29) is 11.4 Å². The van der Waals surface area contributed by atoms with Gasteiger partial charge in [-0.1, -0.05) is 6.07 Å². The van der Waals surface area contributed by atoms with E-state index in [9.17, 15) is 19.5 Å². The molecule has 16 heavy (non-hydrogen) atoms. The molecular formula is C7H7N2O6P. The van der Waals surface area contributed by atoms with Gasteiger partial charge in [-0.05, 0) is 6.07 Å². The molecule has 0 aliphatic carbocycles. The van der Waals surface area contributed by atoms with Gasteiger partial charge in [-0.15, -0.1) is 0 Å². The Bertz CT molecular complexity index is 482. The molecule has 0 saturated carbocycles. The molecule has 3 N–H and O–H groups in total. The third-order valence-electron chi connectivity index (χ3n) is 1.57. The Labute approximate surface area is 89.2 Å². The van der Waals surface area contributed by atoms with E-state index in [1.807, 2.05) is 5.32 Å². The minimum Gasteiger partial charge on any atom is -0.318 e. The largest absolute Gasteiger partial charge is 0.413 e. The van der Waals surface area contributed by atoms with Crippen LogP contribution in [0, 0.1) is 10.1 Å². The Morgan fingerprint density at radius 3 is 2.56 bits per heavy atom. The minimum atomic E-state index is -4.88. The van der Waals surface area contributed by atoms with Crippen molar-refractivity contribution >= 4 is 24.6 Å². The van der Waals surface area contributed by atoms with Crippen LogP contribution in [0.3, 0.4) is 0 Å². The lowest BCUT2D eigenvalue weighted by molar-refractivity contribution is -0.384. The molecule has 0 atom stereocenters. The third-order valence-corrected chi connectivity index (χ3v) is 2.21. The van der Waals surface area contributed by atoms with Crippen LogP contribution in [0.15, 0.2) is 24.3 Å². The molecule has 0 aliphatic rings. The van der Waals surface area contributed by atoms with Crippen LogP contribution in [0.25, 0.3) is 0 Å². The summed E-state index contributed by atoms with van der Waals surface area (Å²) in [6.45, 7) is 0. The Hall–Kier alpha value is -1.76. The Balaban J connectivity index is 2.91. The second-order valence-electron chi connectivity index (χ2n) is 2.78. The topological polar surface area (TPSA) is 130 Å². The van der Waals surface area contributed by atoms with Crippen molar-refractivity contribution in [1.82, 2.24) is 0 Å². The zero-order chi connectivity index (χ0) is 12.3. The SMILES string of the molecule is O=C(Nc1cccc([N+](=O)[O-])c1)P(=O)(O)O. The molecule has 0 aromatic heterocycles. The van der Waals surface area contributed by atoms with Crippen molar-refractivity contribution in [3.05, 3.63) is 34.4 Å². The molecule has 0 unspecified atom stereocenters. The monoisotopic (exact) mass is 246 g/mol. The number of carbonyl (C=O) groups is 1. The highest BCUT2D eigenvalue weighted by atomic mass is 31.2. The van der Waals surface area contributed by atoms with Gasteiger partial charge < -0.3 is 15.1 Å². The highest BCUT2D eigenvalue weighted by Crippen LogP contribution is 2.36. The fourth-order valence-electron chi connectivity index (χ4n) is 0.894. The van der Waals surface area contributed by atoms with E-state index in [2.05, 4.69) is 0 Å². The number of non-ortho nitro benzene ring substituents is 1. The summed E-state index contributed by atoms with van der Waals surface area (Å²) in [7, 11) is -4.88. The number of amides is 1. The fourth-order valence-corrected chi connectivity index (χ4v) is 1.17. The van der Waals surface area contributed by atoms with E-state index in [0.717, 1.165) is 6.07 Å². The normalized spacial score (nSPS) is 10.9. The number of hydrogen-bond donors (Lipinski definition) is 3. The van der Waals surface area contributed by atoms with Crippen LogP contribution >= 0.6 is 7.60 Å². The summed E-state index contributed by atoms with van der Waals surface area (Å²) in [5, 5.41) is 12.2. The maximum Gasteiger partial charge on any atom is 0.413 e. The van der Waals surface area contributed by atoms with Crippen LogP contribution < -0.4 is 5.32 Å². The summed E-state index contributed by atoms with van der Waals surface area (Å²) in [4.78, 5) is 37.5. The van der Waals surface area contributed by atoms with E-state index in [0.29, 0.717) is 0 Å². The van der Waals surface area contributed by atoms with Crippen molar-refractivity contribution in [2.45, 2.75) is 0 Å². The maximum absolute atomic E-state index is 10.9. The van der Waals surface area contributed by atoms with Crippen molar-refractivity contribution in [3.8, 4) is 0 Å². The van der Waals surface area contributed by atoms with Gasteiger partial charge in [0.15, 0.2) is 0 Å². The van der Waals surface area contributed by atoms with E-state index < -0.39 is 18.2 Å². The van der Waals surface area contributed by atoms with E-state index in [1.165, 1.54) is 18.2 Å². The van der Waals surface area contributed by atoms with Gasteiger partial charge in [0.1, 0.15) is 0 Å². The van der Waals surface area contributed by atoms with Crippen molar-refractivity contribution in [1.29, 1.82) is 0 Å². The number of benzene rings is 1. The summed E-state index contributed by atoms with van der Waals surface area (Å²) in [5.41, 5.74) is -1.85. The van der Waals surface area contributed by atoms with Crippen molar-refractivity contribution < 1.29 is 24.1 Å². The average molecular weight is 246 g/mol. The first-order chi connectivity index (χ1) is 7.30. The first-order valence-corrected chi connectivity index (χ1v) is 5.53. The number of hydrogen-bond acceptors (Lipinski definition) is 4. The van der Waals surface area contributed by atoms with Crippen molar-refractivity contribution in [2.24, 2.45) is 0 Å². The molecule has 0 aliphatic heterocycles. The summed E-state index contributed by atoms with van der Waals surface area (Å²) in [6, 6.07) is 4.74. The smallest absolute Gasteiger partial charge is 0.318 e. The number of nitro benzene ring substituents is 1. The first kappa shape index (κ1) is 12.3. The van der Waals surface area contributed by atoms with E-state index >= 15 is 0 Å². The molecule has 0 fully saturated rings. The molecule has 1 amide bonds. The van der Waals surface area contributed by atoms with Gasteiger partial charge in [-0.3, -0.25) is 14.9 Å². The number of carbonyl (C=O) groups excluding carboxylic acids is 1. The Morgan fingerprint density at radius 2 is 2.06 bits per heavy atom. The summed E-state index contributed by atoms with van der Waals surface area (Å²) < 4.78 is 10.5. The molecule has 0 radical (unpaired) electrons. The molecule has 1 aromatic rings. The number of nitro groups is 1.